The van der Waals surface area contributed by atoms with Gasteiger partial charge in [-0.3, -0.25) is 9.59 Å². The van der Waals surface area contributed by atoms with Gasteiger partial charge in [0.15, 0.2) is 6.61 Å². The second-order valence-corrected chi connectivity index (χ2v) is 7.06. The van der Waals surface area contributed by atoms with Gasteiger partial charge >= 0.3 is 0 Å². The monoisotopic (exact) mass is 336 g/mol. The van der Waals surface area contributed by atoms with Gasteiger partial charge in [-0.05, 0) is 43.5 Å². The maximum atomic E-state index is 12.3. The van der Waals surface area contributed by atoms with E-state index < -0.39 is 0 Å². The van der Waals surface area contributed by atoms with Crippen molar-refractivity contribution in [2.75, 3.05) is 26.2 Å². The van der Waals surface area contributed by atoms with Crippen LogP contribution in [-0.2, 0) is 9.59 Å². The summed E-state index contributed by atoms with van der Waals surface area (Å²) in [5.41, 5.74) is 1.80. The molecule has 0 aliphatic carbocycles. The van der Waals surface area contributed by atoms with Crippen LogP contribution in [-0.4, -0.2) is 43.0 Å². The van der Waals surface area contributed by atoms with Gasteiger partial charge in [0.05, 0.1) is 0 Å². The van der Waals surface area contributed by atoms with Gasteiger partial charge in [-0.1, -0.05) is 11.6 Å². The number of carbonyl (C=O) groups excluding carboxylic acids is 2. The molecule has 3 rings (SSSR count). The maximum Gasteiger partial charge on any atom is 0.260 e. The highest BCUT2D eigenvalue weighted by atomic mass is 35.5. The zero-order valence-corrected chi connectivity index (χ0v) is 14.2. The number of hydrogen-bond acceptors (Lipinski definition) is 3. The second kappa shape index (κ2) is 6.04. The molecule has 1 spiro atoms. The zero-order chi connectivity index (χ0) is 16.6. The summed E-state index contributed by atoms with van der Waals surface area (Å²) in [7, 11) is 0. The van der Waals surface area contributed by atoms with Crippen LogP contribution >= 0.6 is 11.6 Å². The topological polar surface area (TPSA) is 58.6 Å². The van der Waals surface area contributed by atoms with Crippen molar-refractivity contribution in [3.63, 3.8) is 0 Å². The Labute approximate surface area is 140 Å². The highest BCUT2D eigenvalue weighted by Crippen LogP contribution is 2.36. The van der Waals surface area contributed by atoms with E-state index in [1.165, 1.54) is 0 Å². The normalized spacial score (nSPS) is 23.4. The lowest BCUT2D eigenvalue weighted by Gasteiger charge is -2.22. The summed E-state index contributed by atoms with van der Waals surface area (Å²) in [6.07, 6.45) is 1.39. The van der Waals surface area contributed by atoms with E-state index in [-0.39, 0.29) is 23.8 Å². The third-order valence-electron chi connectivity index (χ3n) is 4.76. The summed E-state index contributed by atoms with van der Waals surface area (Å²) in [5, 5.41) is 3.59. The first-order valence-electron chi connectivity index (χ1n) is 7.83. The van der Waals surface area contributed by atoms with E-state index >= 15 is 0 Å². The fraction of sp³-hybridized carbons (Fsp3) is 0.529. The van der Waals surface area contributed by atoms with Crippen molar-refractivity contribution < 1.29 is 14.3 Å². The van der Waals surface area contributed by atoms with E-state index in [1.807, 2.05) is 26.0 Å². The molecule has 0 saturated carbocycles. The van der Waals surface area contributed by atoms with E-state index in [4.69, 9.17) is 16.3 Å². The van der Waals surface area contributed by atoms with E-state index in [0.717, 1.165) is 22.6 Å². The number of carbonyl (C=O) groups is 2. The van der Waals surface area contributed by atoms with Crippen LogP contribution in [0, 0.1) is 19.3 Å². The number of nitrogens with zero attached hydrogens (tertiary/aromatic N) is 1. The van der Waals surface area contributed by atoms with Crippen molar-refractivity contribution >= 4 is 23.4 Å². The molecule has 1 atom stereocenters. The average Bonchev–Trinajstić information content (AvgIpc) is 3.09. The molecule has 124 valence electrons. The van der Waals surface area contributed by atoms with Crippen LogP contribution in [0.4, 0.5) is 0 Å². The molecule has 2 aliphatic rings. The van der Waals surface area contributed by atoms with Gasteiger partial charge < -0.3 is 15.0 Å². The molecule has 2 amide bonds. The quantitative estimate of drug-likeness (QED) is 0.919. The Hall–Kier alpha value is -1.75. The van der Waals surface area contributed by atoms with Crippen molar-refractivity contribution in [3.05, 3.63) is 28.3 Å². The maximum absolute atomic E-state index is 12.3. The van der Waals surface area contributed by atoms with Gasteiger partial charge in [0.2, 0.25) is 5.91 Å². The third-order valence-corrected chi connectivity index (χ3v) is 5.36. The number of hydrogen-bond donors (Lipinski definition) is 1. The van der Waals surface area contributed by atoms with Crippen LogP contribution in [0.15, 0.2) is 12.1 Å². The fourth-order valence-electron chi connectivity index (χ4n) is 3.41. The molecular weight excluding hydrogens is 316 g/mol. The molecule has 1 aromatic rings. The van der Waals surface area contributed by atoms with Crippen molar-refractivity contribution in [3.8, 4) is 5.75 Å². The molecule has 2 saturated heterocycles. The summed E-state index contributed by atoms with van der Waals surface area (Å²) < 4.78 is 5.64. The molecule has 5 nitrogen and oxygen atoms in total. The first kappa shape index (κ1) is 16.1. The number of likely N-dealkylation sites (tertiary alicyclic amines) is 1. The molecule has 1 aromatic carbocycles. The summed E-state index contributed by atoms with van der Waals surface area (Å²) in [6.45, 7) is 5.84. The number of amides is 2. The number of nitrogens with one attached hydrogen (secondary N) is 1. The lowest BCUT2D eigenvalue weighted by Crippen LogP contribution is -2.36. The number of aryl methyl sites for hydroxylation is 2. The van der Waals surface area contributed by atoms with Crippen LogP contribution in [0.2, 0.25) is 5.02 Å². The minimum atomic E-state index is -0.0693. The molecule has 1 unspecified atom stereocenters. The predicted octanol–water partition coefficient (Wildman–Crippen LogP) is 2.07. The van der Waals surface area contributed by atoms with Gasteiger partial charge in [-0.2, -0.15) is 0 Å². The smallest absolute Gasteiger partial charge is 0.260 e. The van der Waals surface area contributed by atoms with Gasteiger partial charge in [0, 0.05) is 36.5 Å². The second-order valence-electron chi connectivity index (χ2n) is 6.68. The summed E-state index contributed by atoms with van der Waals surface area (Å²) in [5.74, 6) is 0.707. The molecule has 6 heteroatoms. The van der Waals surface area contributed by atoms with E-state index in [9.17, 15) is 9.59 Å². The summed E-state index contributed by atoms with van der Waals surface area (Å²) in [4.78, 5) is 25.6. The molecule has 0 bridgehead atoms. The Kier molecular flexibility index (Phi) is 4.23. The van der Waals surface area contributed by atoms with Crippen molar-refractivity contribution in [1.29, 1.82) is 0 Å². The van der Waals surface area contributed by atoms with Crippen molar-refractivity contribution in [1.82, 2.24) is 10.2 Å². The van der Waals surface area contributed by atoms with Crippen molar-refractivity contribution in [2.45, 2.75) is 26.7 Å². The molecule has 0 aromatic heterocycles. The fourth-order valence-corrected chi connectivity index (χ4v) is 3.52. The molecule has 2 fully saturated rings. The van der Waals surface area contributed by atoms with Crippen molar-refractivity contribution in [2.24, 2.45) is 5.41 Å². The Morgan fingerprint density at radius 2 is 2.09 bits per heavy atom. The molecule has 2 aliphatic heterocycles. The zero-order valence-electron chi connectivity index (χ0n) is 13.4. The van der Waals surface area contributed by atoms with E-state index in [2.05, 4.69) is 5.32 Å². The van der Waals surface area contributed by atoms with Gasteiger partial charge in [0.1, 0.15) is 5.75 Å². The highest BCUT2D eigenvalue weighted by molar-refractivity contribution is 6.32. The van der Waals surface area contributed by atoms with E-state index in [1.54, 1.807) is 4.90 Å². The predicted molar refractivity (Wildman–Crippen MR) is 87.7 cm³/mol. The Morgan fingerprint density at radius 3 is 2.70 bits per heavy atom. The molecule has 23 heavy (non-hydrogen) atoms. The minimum Gasteiger partial charge on any atom is -0.484 e. The van der Waals surface area contributed by atoms with Crippen LogP contribution < -0.4 is 10.1 Å². The Bertz CT molecular complexity index is 638. The number of rotatable bonds is 3. The Morgan fingerprint density at radius 1 is 1.39 bits per heavy atom. The highest BCUT2D eigenvalue weighted by Gasteiger charge is 2.45. The molecular formula is C17H21ClN2O3. The van der Waals surface area contributed by atoms with Crippen LogP contribution in [0.1, 0.15) is 24.0 Å². The minimum absolute atomic E-state index is 0.0119. The average molecular weight is 337 g/mol. The molecule has 0 radical (unpaired) electrons. The number of halogens is 1. The number of ether oxygens (including phenoxy) is 1. The standard InChI is InChI=1S/C17H21ClN2O3/c1-11-5-13(6-12(2)16(11)18)23-8-15(22)20-4-3-17(10-20)7-14(21)19-9-17/h5-6H,3-4,7-10H2,1-2H3,(H,19,21). The largest absolute Gasteiger partial charge is 0.484 e. The lowest BCUT2D eigenvalue weighted by atomic mass is 9.86. The third kappa shape index (κ3) is 3.29. The van der Waals surface area contributed by atoms with Crippen LogP contribution in [0.25, 0.3) is 0 Å². The first-order valence-corrected chi connectivity index (χ1v) is 8.20. The summed E-state index contributed by atoms with van der Waals surface area (Å²) >= 11 is 6.13. The van der Waals surface area contributed by atoms with Gasteiger partial charge in [-0.15, -0.1) is 0 Å². The van der Waals surface area contributed by atoms with Gasteiger partial charge in [0.25, 0.3) is 5.91 Å². The SMILES string of the molecule is Cc1cc(OCC(=O)N2CCC3(CNC(=O)C3)C2)cc(C)c1Cl. The molecule has 2 heterocycles. The summed E-state index contributed by atoms with van der Waals surface area (Å²) in [6, 6.07) is 3.68. The lowest BCUT2D eigenvalue weighted by molar-refractivity contribution is -0.132. The van der Waals surface area contributed by atoms with Crippen LogP contribution in [0.3, 0.4) is 0 Å². The molecule has 1 N–H and O–H groups in total. The van der Waals surface area contributed by atoms with Gasteiger partial charge in [-0.25, -0.2) is 0 Å². The Balaban J connectivity index is 1.57. The van der Waals surface area contributed by atoms with Crippen LogP contribution in [0.5, 0.6) is 5.75 Å². The van der Waals surface area contributed by atoms with E-state index in [0.29, 0.717) is 31.8 Å². The first-order chi connectivity index (χ1) is 10.9. The number of benzene rings is 1.